The lowest BCUT2D eigenvalue weighted by Gasteiger charge is -2.37. The topological polar surface area (TPSA) is 83.6 Å². The van der Waals surface area contributed by atoms with E-state index in [0.717, 1.165) is 21.1 Å². The zero-order valence-electron chi connectivity index (χ0n) is 15.6. The second-order valence-electron chi connectivity index (χ2n) is 6.68. The molecule has 7 nitrogen and oxygen atoms in total. The highest BCUT2D eigenvalue weighted by Gasteiger charge is 2.34. The molecular formula is C20H20N4O3S. The first-order valence-electron chi connectivity index (χ1n) is 8.90. The zero-order valence-corrected chi connectivity index (χ0v) is 16.4. The minimum Gasteiger partial charge on any atom is -0.497 e. The van der Waals surface area contributed by atoms with Crippen LogP contribution in [0, 0.1) is 5.92 Å². The molecule has 2 heterocycles. The zero-order chi connectivity index (χ0) is 19.7. The lowest BCUT2D eigenvalue weighted by atomic mass is 10.00. The molecule has 0 atom stereocenters. The molecule has 0 aliphatic carbocycles. The molecular weight excluding hydrogens is 376 g/mol. The van der Waals surface area contributed by atoms with E-state index in [4.69, 9.17) is 4.74 Å². The number of carbonyl (C=O) groups is 2. The maximum Gasteiger partial charge on any atom is 0.231 e. The van der Waals surface area contributed by atoms with Crippen molar-refractivity contribution in [2.24, 2.45) is 5.92 Å². The summed E-state index contributed by atoms with van der Waals surface area (Å²) in [6, 6.07) is 13.0. The summed E-state index contributed by atoms with van der Waals surface area (Å²) in [6.07, 6.45) is 0. The predicted octanol–water partition coefficient (Wildman–Crippen LogP) is 3.34. The van der Waals surface area contributed by atoms with Gasteiger partial charge in [0.2, 0.25) is 11.8 Å². The molecule has 0 radical (unpaired) electrons. The van der Waals surface area contributed by atoms with Crippen molar-refractivity contribution in [3.05, 3.63) is 42.5 Å². The molecule has 2 N–H and O–H groups in total. The monoisotopic (exact) mass is 396 g/mol. The largest absolute Gasteiger partial charge is 0.497 e. The lowest BCUT2D eigenvalue weighted by Crippen LogP contribution is -2.52. The van der Waals surface area contributed by atoms with Crippen LogP contribution in [0.5, 0.6) is 5.75 Å². The highest BCUT2D eigenvalue weighted by atomic mass is 32.1. The third-order valence-corrected chi connectivity index (χ3v) is 5.65. The van der Waals surface area contributed by atoms with Crippen molar-refractivity contribution in [3.63, 3.8) is 0 Å². The van der Waals surface area contributed by atoms with Crippen LogP contribution >= 0.6 is 11.3 Å². The number of fused-ring (bicyclic) bond motifs is 1. The normalized spacial score (nSPS) is 13.9. The van der Waals surface area contributed by atoms with Crippen molar-refractivity contribution in [1.29, 1.82) is 0 Å². The van der Waals surface area contributed by atoms with Gasteiger partial charge in [-0.3, -0.25) is 9.59 Å². The van der Waals surface area contributed by atoms with Crippen molar-refractivity contribution in [3.8, 4) is 5.75 Å². The Bertz CT molecular complexity index is 1040. The highest BCUT2D eigenvalue weighted by Crippen LogP contribution is 2.34. The Morgan fingerprint density at radius 3 is 2.61 bits per heavy atom. The van der Waals surface area contributed by atoms with Gasteiger partial charge in [-0.05, 0) is 30.3 Å². The molecule has 0 saturated carbocycles. The van der Waals surface area contributed by atoms with Crippen LogP contribution in [0.1, 0.15) is 6.92 Å². The van der Waals surface area contributed by atoms with Gasteiger partial charge in [0.1, 0.15) is 5.75 Å². The van der Waals surface area contributed by atoms with Crippen molar-refractivity contribution < 1.29 is 14.3 Å². The number of ether oxygens (including phenoxy) is 1. The van der Waals surface area contributed by atoms with E-state index in [0.29, 0.717) is 24.5 Å². The molecule has 28 heavy (non-hydrogen) atoms. The average molecular weight is 396 g/mol. The van der Waals surface area contributed by atoms with Gasteiger partial charge in [0.15, 0.2) is 5.13 Å². The molecule has 1 fully saturated rings. The summed E-state index contributed by atoms with van der Waals surface area (Å²) in [5.41, 5.74) is 2.23. The first kappa shape index (κ1) is 18.2. The SMILES string of the molecule is COc1ccc2sc(N3CC(C(=O)Nc4cccc(NC(C)=O)c4)C3)nc2c1. The number of carbonyl (C=O) groups excluding carboxylic acids is 2. The molecule has 8 heteroatoms. The third-order valence-electron chi connectivity index (χ3n) is 4.56. The number of nitrogens with one attached hydrogen (secondary N) is 2. The van der Waals surface area contributed by atoms with E-state index < -0.39 is 0 Å². The van der Waals surface area contributed by atoms with E-state index in [1.165, 1.54) is 6.92 Å². The van der Waals surface area contributed by atoms with Gasteiger partial charge < -0.3 is 20.3 Å². The fraction of sp³-hybridized carbons (Fsp3) is 0.250. The van der Waals surface area contributed by atoms with Crippen molar-refractivity contribution in [2.75, 3.05) is 35.7 Å². The summed E-state index contributed by atoms with van der Waals surface area (Å²) >= 11 is 1.61. The van der Waals surface area contributed by atoms with Crippen molar-refractivity contribution in [1.82, 2.24) is 4.98 Å². The van der Waals surface area contributed by atoms with E-state index >= 15 is 0 Å². The highest BCUT2D eigenvalue weighted by molar-refractivity contribution is 7.22. The van der Waals surface area contributed by atoms with Gasteiger partial charge >= 0.3 is 0 Å². The number of nitrogens with zero attached hydrogens (tertiary/aromatic N) is 2. The van der Waals surface area contributed by atoms with Gasteiger partial charge in [0, 0.05) is 37.5 Å². The van der Waals surface area contributed by atoms with Gasteiger partial charge in [-0.1, -0.05) is 17.4 Å². The first-order chi connectivity index (χ1) is 13.5. The van der Waals surface area contributed by atoms with Crippen LogP contribution in [0.2, 0.25) is 0 Å². The molecule has 2 amide bonds. The number of benzene rings is 2. The molecule has 0 unspecified atom stereocenters. The Morgan fingerprint density at radius 1 is 1.14 bits per heavy atom. The Labute approximate surface area is 166 Å². The summed E-state index contributed by atoms with van der Waals surface area (Å²) in [4.78, 5) is 30.4. The first-order valence-corrected chi connectivity index (χ1v) is 9.71. The predicted molar refractivity (Wildman–Crippen MR) is 111 cm³/mol. The van der Waals surface area contributed by atoms with Gasteiger partial charge in [0.25, 0.3) is 0 Å². The summed E-state index contributed by atoms with van der Waals surface area (Å²) in [5, 5.41) is 6.55. The second-order valence-corrected chi connectivity index (χ2v) is 7.69. The number of anilines is 3. The van der Waals surface area contributed by atoms with Crippen LogP contribution < -0.4 is 20.3 Å². The Balaban J connectivity index is 1.37. The van der Waals surface area contributed by atoms with E-state index in [1.807, 2.05) is 18.2 Å². The van der Waals surface area contributed by atoms with Crippen molar-refractivity contribution >= 4 is 49.9 Å². The van der Waals surface area contributed by atoms with Crippen LogP contribution in [0.15, 0.2) is 42.5 Å². The van der Waals surface area contributed by atoms with E-state index in [9.17, 15) is 9.59 Å². The van der Waals surface area contributed by atoms with Crippen LogP contribution in [-0.2, 0) is 9.59 Å². The molecule has 3 aromatic rings. The Morgan fingerprint density at radius 2 is 1.89 bits per heavy atom. The molecule has 4 rings (SSSR count). The number of amides is 2. The molecule has 1 aromatic heterocycles. The molecule has 1 saturated heterocycles. The van der Waals surface area contributed by atoms with Gasteiger partial charge in [-0.25, -0.2) is 4.98 Å². The Hall–Kier alpha value is -3.13. The van der Waals surface area contributed by atoms with Crippen LogP contribution in [0.4, 0.5) is 16.5 Å². The van der Waals surface area contributed by atoms with Gasteiger partial charge in [-0.15, -0.1) is 0 Å². The molecule has 144 valence electrons. The maximum absolute atomic E-state index is 12.5. The summed E-state index contributed by atoms with van der Waals surface area (Å²) < 4.78 is 6.34. The van der Waals surface area contributed by atoms with E-state index in [1.54, 1.807) is 42.7 Å². The summed E-state index contributed by atoms with van der Waals surface area (Å²) in [6.45, 7) is 2.72. The number of hydrogen-bond donors (Lipinski definition) is 2. The lowest BCUT2D eigenvalue weighted by molar-refractivity contribution is -0.120. The number of thiazole rings is 1. The fourth-order valence-electron chi connectivity index (χ4n) is 3.08. The minimum atomic E-state index is -0.147. The van der Waals surface area contributed by atoms with Crippen LogP contribution in [0.3, 0.4) is 0 Å². The van der Waals surface area contributed by atoms with Gasteiger partial charge in [0.05, 0.1) is 23.2 Å². The average Bonchev–Trinajstić information content (AvgIpc) is 3.02. The van der Waals surface area contributed by atoms with E-state index in [2.05, 4.69) is 20.5 Å². The molecule has 2 aromatic carbocycles. The van der Waals surface area contributed by atoms with Crippen molar-refractivity contribution in [2.45, 2.75) is 6.92 Å². The van der Waals surface area contributed by atoms with Gasteiger partial charge in [-0.2, -0.15) is 0 Å². The maximum atomic E-state index is 12.5. The summed E-state index contributed by atoms with van der Waals surface area (Å²) in [5.74, 6) is 0.517. The fourth-order valence-corrected chi connectivity index (χ4v) is 4.04. The smallest absolute Gasteiger partial charge is 0.231 e. The number of hydrogen-bond acceptors (Lipinski definition) is 6. The quantitative estimate of drug-likeness (QED) is 0.691. The third kappa shape index (κ3) is 3.77. The standard InChI is InChI=1S/C20H20N4O3S/c1-12(25)21-14-4-3-5-15(8-14)22-19(26)13-10-24(11-13)20-23-17-9-16(27-2)6-7-18(17)28-20/h3-9,13H,10-11H2,1-2H3,(H,21,25)(H,22,26). The summed E-state index contributed by atoms with van der Waals surface area (Å²) in [7, 11) is 1.64. The number of methoxy groups -OCH3 is 1. The molecule has 0 bridgehead atoms. The second kappa shape index (κ2) is 7.47. The molecule has 0 spiro atoms. The number of aromatic nitrogens is 1. The number of rotatable bonds is 5. The molecule has 1 aliphatic rings. The van der Waals surface area contributed by atoms with E-state index in [-0.39, 0.29) is 17.7 Å². The Kier molecular flexibility index (Phi) is 4.87. The van der Waals surface area contributed by atoms with Crippen LogP contribution in [0.25, 0.3) is 10.2 Å². The minimum absolute atomic E-state index is 0.0287. The van der Waals surface area contributed by atoms with Crippen LogP contribution in [-0.4, -0.2) is 37.0 Å². The molecule has 1 aliphatic heterocycles.